The van der Waals surface area contributed by atoms with Gasteiger partial charge in [-0.1, -0.05) is 12.1 Å². The Morgan fingerprint density at radius 3 is 2.79 bits per heavy atom. The standard InChI is InChI=1S/C18H21FN4O5/c1-2-15(24)20-14-4-3-11(9-13(14)19)17-21-16(28-22-17)10-27-12-5-7-23(8-6-12)18(25)26/h3-4,9,12H,2,5-8,10H2,1H3,(H,20,24)(H,25,26). The van der Waals surface area contributed by atoms with Gasteiger partial charge in [0, 0.05) is 25.1 Å². The quantitative estimate of drug-likeness (QED) is 0.776. The first-order valence-corrected chi connectivity index (χ1v) is 8.98. The van der Waals surface area contributed by atoms with Crippen LogP contribution >= 0.6 is 0 Å². The monoisotopic (exact) mass is 392 g/mol. The third-order valence-corrected chi connectivity index (χ3v) is 4.45. The summed E-state index contributed by atoms with van der Waals surface area (Å²) in [5.74, 6) is -0.405. The lowest BCUT2D eigenvalue weighted by Crippen LogP contribution is -2.40. The third kappa shape index (κ3) is 4.83. The van der Waals surface area contributed by atoms with E-state index in [0.29, 0.717) is 31.5 Å². The summed E-state index contributed by atoms with van der Waals surface area (Å²) in [7, 11) is 0. The molecule has 0 saturated carbocycles. The molecule has 2 amide bonds. The fraction of sp³-hybridized carbons (Fsp3) is 0.444. The van der Waals surface area contributed by atoms with Crippen molar-refractivity contribution in [2.45, 2.75) is 38.9 Å². The lowest BCUT2D eigenvalue weighted by atomic mass is 10.1. The molecule has 2 heterocycles. The molecular formula is C18H21FN4O5. The Morgan fingerprint density at radius 2 is 2.14 bits per heavy atom. The minimum absolute atomic E-state index is 0.0788. The smallest absolute Gasteiger partial charge is 0.407 e. The largest absolute Gasteiger partial charge is 0.465 e. The Labute approximate surface area is 160 Å². The number of rotatable bonds is 6. The number of benzene rings is 1. The summed E-state index contributed by atoms with van der Waals surface area (Å²) in [6.07, 6.45) is 0.454. The van der Waals surface area contributed by atoms with Crippen molar-refractivity contribution in [3.63, 3.8) is 0 Å². The number of amides is 2. The van der Waals surface area contributed by atoms with Crippen molar-refractivity contribution in [3.8, 4) is 11.4 Å². The minimum Gasteiger partial charge on any atom is -0.465 e. The van der Waals surface area contributed by atoms with Gasteiger partial charge >= 0.3 is 6.09 Å². The third-order valence-electron chi connectivity index (χ3n) is 4.45. The first kappa shape index (κ1) is 19.7. The number of hydrogen-bond acceptors (Lipinski definition) is 6. The van der Waals surface area contributed by atoms with Gasteiger partial charge in [0.15, 0.2) is 0 Å². The molecule has 1 aromatic heterocycles. The molecule has 0 radical (unpaired) electrons. The normalized spacial score (nSPS) is 14.9. The highest BCUT2D eigenvalue weighted by Gasteiger charge is 2.23. The van der Waals surface area contributed by atoms with E-state index in [4.69, 9.17) is 14.4 Å². The van der Waals surface area contributed by atoms with Gasteiger partial charge in [-0.3, -0.25) is 4.79 Å². The van der Waals surface area contributed by atoms with Gasteiger partial charge in [0.05, 0.1) is 11.8 Å². The number of aromatic nitrogens is 2. The molecule has 28 heavy (non-hydrogen) atoms. The average molecular weight is 392 g/mol. The van der Waals surface area contributed by atoms with Gasteiger partial charge in [-0.25, -0.2) is 9.18 Å². The predicted molar refractivity (Wildman–Crippen MR) is 96.0 cm³/mol. The number of piperidine rings is 1. The van der Waals surface area contributed by atoms with Crippen LogP contribution in [-0.4, -0.2) is 51.3 Å². The Bertz CT molecular complexity index is 848. The van der Waals surface area contributed by atoms with E-state index in [9.17, 15) is 14.0 Å². The van der Waals surface area contributed by atoms with Crippen molar-refractivity contribution in [2.24, 2.45) is 0 Å². The molecule has 3 rings (SSSR count). The highest BCUT2D eigenvalue weighted by molar-refractivity contribution is 5.90. The number of likely N-dealkylation sites (tertiary alicyclic amines) is 1. The fourth-order valence-electron chi connectivity index (χ4n) is 2.83. The summed E-state index contributed by atoms with van der Waals surface area (Å²) < 4.78 is 25.0. The number of ether oxygens (including phenoxy) is 1. The van der Waals surface area contributed by atoms with Crippen LogP contribution in [-0.2, 0) is 16.1 Å². The summed E-state index contributed by atoms with van der Waals surface area (Å²) in [4.78, 5) is 27.8. The average Bonchev–Trinajstić information content (AvgIpc) is 3.17. The fourth-order valence-corrected chi connectivity index (χ4v) is 2.83. The van der Waals surface area contributed by atoms with Crippen molar-refractivity contribution >= 4 is 17.7 Å². The number of carbonyl (C=O) groups excluding carboxylic acids is 1. The number of carbonyl (C=O) groups is 2. The molecule has 9 nitrogen and oxygen atoms in total. The molecule has 0 unspecified atom stereocenters. The van der Waals surface area contributed by atoms with E-state index in [1.807, 2.05) is 0 Å². The molecule has 150 valence electrons. The van der Waals surface area contributed by atoms with Crippen molar-refractivity contribution < 1.29 is 28.3 Å². The number of halogens is 1. The van der Waals surface area contributed by atoms with Gasteiger partial charge in [-0.15, -0.1) is 0 Å². The maximum absolute atomic E-state index is 14.1. The van der Waals surface area contributed by atoms with E-state index in [0.717, 1.165) is 0 Å². The summed E-state index contributed by atoms with van der Waals surface area (Å²) in [5.41, 5.74) is 0.507. The second-order valence-corrected chi connectivity index (χ2v) is 6.39. The molecule has 1 aliphatic heterocycles. The number of nitrogens with zero attached hydrogens (tertiary/aromatic N) is 3. The van der Waals surface area contributed by atoms with E-state index in [2.05, 4.69) is 15.5 Å². The Morgan fingerprint density at radius 1 is 1.39 bits per heavy atom. The zero-order valence-corrected chi connectivity index (χ0v) is 15.4. The van der Waals surface area contributed by atoms with Crippen LogP contribution in [0.5, 0.6) is 0 Å². The van der Waals surface area contributed by atoms with Crippen LogP contribution < -0.4 is 5.32 Å². The maximum atomic E-state index is 14.1. The molecule has 1 aromatic carbocycles. The van der Waals surface area contributed by atoms with Gasteiger partial charge in [0.2, 0.25) is 11.7 Å². The van der Waals surface area contributed by atoms with Crippen molar-refractivity contribution in [2.75, 3.05) is 18.4 Å². The summed E-state index contributed by atoms with van der Waals surface area (Å²) in [6, 6.07) is 4.26. The lowest BCUT2D eigenvalue weighted by Gasteiger charge is -2.29. The van der Waals surface area contributed by atoms with Gasteiger partial charge in [-0.05, 0) is 31.0 Å². The van der Waals surface area contributed by atoms with E-state index < -0.39 is 11.9 Å². The molecule has 0 bridgehead atoms. The summed E-state index contributed by atoms with van der Waals surface area (Å²) in [5, 5.41) is 15.2. The van der Waals surface area contributed by atoms with Crippen LogP contribution in [0.15, 0.2) is 22.7 Å². The highest BCUT2D eigenvalue weighted by Crippen LogP contribution is 2.23. The highest BCUT2D eigenvalue weighted by atomic mass is 19.1. The second kappa shape index (κ2) is 8.79. The van der Waals surface area contributed by atoms with Crippen LogP contribution in [0.1, 0.15) is 32.1 Å². The van der Waals surface area contributed by atoms with Crippen LogP contribution in [0, 0.1) is 5.82 Å². The van der Waals surface area contributed by atoms with Crippen LogP contribution in [0.25, 0.3) is 11.4 Å². The van der Waals surface area contributed by atoms with E-state index in [1.54, 1.807) is 13.0 Å². The van der Waals surface area contributed by atoms with E-state index in [1.165, 1.54) is 17.0 Å². The van der Waals surface area contributed by atoms with Crippen molar-refractivity contribution in [1.29, 1.82) is 0 Å². The zero-order chi connectivity index (χ0) is 20.1. The number of anilines is 1. The number of carboxylic acid groups (broad SMARTS) is 1. The zero-order valence-electron chi connectivity index (χ0n) is 15.4. The second-order valence-electron chi connectivity index (χ2n) is 6.39. The van der Waals surface area contributed by atoms with Crippen LogP contribution in [0.2, 0.25) is 0 Å². The van der Waals surface area contributed by atoms with E-state index in [-0.39, 0.29) is 42.4 Å². The molecular weight excluding hydrogens is 371 g/mol. The first-order valence-electron chi connectivity index (χ1n) is 8.98. The van der Waals surface area contributed by atoms with Gasteiger partial charge in [0.25, 0.3) is 5.89 Å². The van der Waals surface area contributed by atoms with Gasteiger partial charge in [0.1, 0.15) is 12.4 Å². The molecule has 0 atom stereocenters. The Balaban J connectivity index is 1.56. The molecule has 0 spiro atoms. The number of nitrogens with one attached hydrogen (secondary N) is 1. The van der Waals surface area contributed by atoms with Crippen LogP contribution in [0.3, 0.4) is 0 Å². The van der Waals surface area contributed by atoms with Crippen molar-refractivity contribution in [1.82, 2.24) is 15.0 Å². The minimum atomic E-state index is -0.924. The molecule has 0 aliphatic carbocycles. The number of hydrogen-bond donors (Lipinski definition) is 2. The lowest BCUT2D eigenvalue weighted by molar-refractivity contribution is -0.115. The summed E-state index contributed by atoms with van der Waals surface area (Å²) in [6.45, 7) is 2.63. The van der Waals surface area contributed by atoms with Crippen molar-refractivity contribution in [3.05, 3.63) is 29.9 Å². The molecule has 1 saturated heterocycles. The van der Waals surface area contributed by atoms with Gasteiger partial charge < -0.3 is 24.6 Å². The SMILES string of the molecule is CCC(=O)Nc1ccc(-c2noc(COC3CCN(C(=O)O)CC3)n2)cc1F. The van der Waals surface area contributed by atoms with Crippen LogP contribution in [0.4, 0.5) is 14.9 Å². The summed E-state index contributed by atoms with van der Waals surface area (Å²) >= 11 is 0. The maximum Gasteiger partial charge on any atom is 0.407 e. The molecule has 2 N–H and O–H groups in total. The topological polar surface area (TPSA) is 118 Å². The first-order chi connectivity index (χ1) is 13.5. The molecule has 1 fully saturated rings. The molecule has 2 aromatic rings. The molecule has 10 heteroatoms. The molecule has 1 aliphatic rings. The van der Waals surface area contributed by atoms with Gasteiger partial charge in [-0.2, -0.15) is 4.98 Å². The Kier molecular flexibility index (Phi) is 6.19. The predicted octanol–water partition coefficient (Wildman–Crippen LogP) is 2.88. The van der Waals surface area contributed by atoms with E-state index >= 15 is 0 Å². The Hall–Kier alpha value is -3.01.